The average Bonchev–Trinajstić information content (AvgIpc) is 3.55. The molecule has 4 aromatic carbocycles. The van der Waals surface area contributed by atoms with Crippen molar-refractivity contribution in [2.24, 2.45) is 0 Å². The fourth-order valence-corrected chi connectivity index (χ4v) is 6.86. The number of imidazole rings is 1. The Morgan fingerprint density at radius 3 is 1.74 bits per heavy atom. The molecule has 0 saturated carbocycles. The molecule has 0 amide bonds. The van der Waals surface area contributed by atoms with Gasteiger partial charge in [-0.2, -0.15) is 0 Å². The highest BCUT2D eigenvalue weighted by atomic mass is 16.5. The molecule has 220 valence electrons. The second-order valence-corrected chi connectivity index (χ2v) is 10.8. The molecule has 0 fully saturated rings. The summed E-state index contributed by atoms with van der Waals surface area (Å²) in [6.45, 7) is 1.33. The second-order valence-electron chi connectivity index (χ2n) is 10.8. The molecule has 1 spiro atoms. The first-order valence-electron chi connectivity index (χ1n) is 14.6. The Kier molecular flexibility index (Phi) is 7.03. The van der Waals surface area contributed by atoms with E-state index in [1.165, 1.54) is 0 Å². The summed E-state index contributed by atoms with van der Waals surface area (Å²) in [5.74, 6) is 2.21. The van der Waals surface area contributed by atoms with E-state index in [0.717, 1.165) is 50.5 Å². The van der Waals surface area contributed by atoms with Crippen LogP contribution in [-0.4, -0.2) is 82.6 Å². The van der Waals surface area contributed by atoms with Gasteiger partial charge in [-0.15, -0.1) is 0 Å². The van der Waals surface area contributed by atoms with E-state index in [9.17, 15) is 20.4 Å². The van der Waals surface area contributed by atoms with Gasteiger partial charge in [0.1, 0.15) is 22.9 Å². The minimum Gasteiger partial charge on any atom is -0.456 e. The highest BCUT2D eigenvalue weighted by Gasteiger charge is 2.52. The number of para-hydroxylation sites is 2. The van der Waals surface area contributed by atoms with Crippen LogP contribution in [-0.2, 0) is 5.54 Å². The summed E-state index contributed by atoms with van der Waals surface area (Å²) in [4.78, 5) is 8.99. The Morgan fingerprint density at radius 1 is 0.628 bits per heavy atom. The van der Waals surface area contributed by atoms with Crippen LogP contribution in [0.1, 0.15) is 16.7 Å². The minimum atomic E-state index is -0.792. The molecule has 4 N–H and O–H groups in total. The van der Waals surface area contributed by atoms with E-state index in [2.05, 4.69) is 41.0 Å². The monoisotopic (exact) mass is 578 g/mol. The van der Waals surface area contributed by atoms with Crippen molar-refractivity contribution in [3.63, 3.8) is 0 Å². The third-order valence-corrected chi connectivity index (χ3v) is 8.59. The summed E-state index contributed by atoms with van der Waals surface area (Å²) >= 11 is 0. The second kappa shape index (κ2) is 11.0. The number of hydrogen-bond donors (Lipinski definition) is 4. The molecule has 2 aliphatic heterocycles. The zero-order valence-electron chi connectivity index (χ0n) is 23.7. The van der Waals surface area contributed by atoms with Gasteiger partial charge in [-0.25, -0.2) is 4.98 Å². The summed E-state index contributed by atoms with van der Waals surface area (Å²) in [6, 6.07) is 28.7. The molecular weight excluding hydrogens is 544 g/mol. The first-order valence-corrected chi connectivity index (χ1v) is 14.6. The largest absolute Gasteiger partial charge is 0.456 e. The maximum atomic E-state index is 9.72. The lowest BCUT2D eigenvalue weighted by Crippen LogP contribution is -2.38. The Labute approximate surface area is 249 Å². The van der Waals surface area contributed by atoms with Crippen LogP contribution in [0.5, 0.6) is 11.5 Å². The predicted molar refractivity (Wildman–Crippen MR) is 166 cm³/mol. The van der Waals surface area contributed by atoms with E-state index in [1.807, 2.05) is 58.3 Å². The van der Waals surface area contributed by atoms with E-state index >= 15 is 0 Å². The molecule has 0 bridgehead atoms. The molecule has 1 aromatic heterocycles. The van der Waals surface area contributed by atoms with Gasteiger partial charge in [0.05, 0.1) is 37.5 Å². The van der Waals surface area contributed by atoms with Gasteiger partial charge >= 0.3 is 0 Å². The van der Waals surface area contributed by atoms with Crippen LogP contribution in [0.3, 0.4) is 0 Å². The minimum absolute atomic E-state index is 0.0443. The van der Waals surface area contributed by atoms with Crippen molar-refractivity contribution in [3.8, 4) is 22.9 Å². The Balaban J connectivity index is 1.54. The van der Waals surface area contributed by atoms with Gasteiger partial charge in [0.25, 0.3) is 0 Å². The number of ether oxygens (including phenoxy) is 1. The highest BCUT2D eigenvalue weighted by molar-refractivity contribution is 5.89. The zero-order chi connectivity index (χ0) is 29.6. The smallest absolute Gasteiger partial charge is 0.142 e. The first kappa shape index (κ1) is 27.4. The molecule has 9 heteroatoms. The fraction of sp³-hybridized carbons (Fsp3) is 0.265. The summed E-state index contributed by atoms with van der Waals surface area (Å²) in [7, 11) is 0. The third-order valence-electron chi connectivity index (χ3n) is 8.59. The van der Waals surface area contributed by atoms with Crippen molar-refractivity contribution in [1.29, 1.82) is 0 Å². The van der Waals surface area contributed by atoms with E-state index in [-0.39, 0.29) is 26.4 Å². The van der Waals surface area contributed by atoms with Gasteiger partial charge < -0.3 is 39.5 Å². The average molecular weight is 579 g/mol. The predicted octanol–water partition coefficient (Wildman–Crippen LogP) is 3.54. The van der Waals surface area contributed by atoms with Crippen molar-refractivity contribution in [2.45, 2.75) is 5.54 Å². The van der Waals surface area contributed by atoms with Gasteiger partial charge in [-0.3, -0.25) is 0 Å². The highest BCUT2D eigenvalue weighted by Crippen LogP contribution is 2.60. The summed E-state index contributed by atoms with van der Waals surface area (Å²) < 4.78 is 9.06. The lowest BCUT2D eigenvalue weighted by Gasteiger charge is -2.41. The van der Waals surface area contributed by atoms with Crippen LogP contribution in [0.25, 0.3) is 22.4 Å². The molecule has 7 rings (SSSR count). The van der Waals surface area contributed by atoms with E-state index in [4.69, 9.17) is 9.72 Å². The topological polar surface area (TPSA) is 114 Å². The molecule has 2 aliphatic rings. The van der Waals surface area contributed by atoms with E-state index in [0.29, 0.717) is 37.7 Å². The number of aromatic nitrogens is 2. The molecule has 3 heterocycles. The van der Waals surface area contributed by atoms with Gasteiger partial charge in [0.2, 0.25) is 0 Å². The SMILES string of the molecule is OCCN(CCO)c1ccc2c(c1)Oc1cc(N(CCO)CCO)ccc1C21c2ccccc2-c2nc3ccccc3n21. The summed E-state index contributed by atoms with van der Waals surface area (Å²) in [6.07, 6.45) is 0. The zero-order valence-corrected chi connectivity index (χ0v) is 23.7. The van der Waals surface area contributed by atoms with Gasteiger partial charge in [0.15, 0.2) is 0 Å². The molecule has 0 saturated heterocycles. The lowest BCUT2D eigenvalue weighted by molar-refractivity contribution is 0.280. The molecule has 9 nitrogen and oxygen atoms in total. The molecule has 43 heavy (non-hydrogen) atoms. The fourth-order valence-electron chi connectivity index (χ4n) is 6.86. The van der Waals surface area contributed by atoms with Crippen LogP contribution in [0.4, 0.5) is 11.4 Å². The molecule has 5 aromatic rings. The normalized spacial score (nSPS) is 13.8. The van der Waals surface area contributed by atoms with Crippen LogP contribution in [0, 0.1) is 0 Å². The Morgan fingerprint density at radius 2 is 1.16 bits per heavy atom. The van der Waals surface area contributed by atoms with E-state index < -0.39 is 5.54 Å². The van der Waals surface area contributed by atoms with Crippen molar-refractivity contribution in [3.05, 3.63) is 102 Å². The van der Waals surface area contributed by atoms with Gasteiger partial charge in [-0.1, -0.05) is 48.5 Å². The van der Waals surface area contributed by atoms with Crippen molar-refractivity contribution >= 4 is 22.4 Å². The Bertz CT molecular complexity index is 1720. The molecular formula is C34H34N4O5. The van der Waals surface area contributed by atoms with E-state index in [1.54, 1.807) is 0 Å². The standard InChI is InChI=1S/C34H34N4O5/c39-17-13-36(14-18-40)23-9-11-27-31(21-23)43-32-22-24(37(15-19-41)16-20-42)10-12-28(32)34(27)26-6-2-1-5-25(26)33-35-29-7-3-4-8-30(29)38(33)34/h1-12,21-22,39-42H,13-20H2. The number of hydrogen-bond acceptors (Lipinski definition) is 8. The number of aliphatic hydroxyl groups excluding tert-OH is 4. The summed E-state index contributed by atoms with van der Waals surface area (Å²) in [5.41, 5.74) is 6.85. The third kappa shape index (κ3) is 4.11. The van der Waals surface area contributed by atoms with Gasteiger partial charge in [0, 0.05) is 66.4 Å². The summed E-state index contributed by atoms with van der Waals surface area (Å²) in [5, 5.41) is 38.9. The number of aliphatic hydroxyl groups is 4. The van der Waals surface area contributed by atoms with Crippen molar-refractivity contribution in [1.82, 2.24) is 9.55 Å². The van der Waals surface area contributed by atoms with Crippen LogP contribution in [0.2, 0.25) is 0 Å². The molecule has 0 unspecified atom stereocenters. The van der Waals surface area contributed by atoms with Crippen molar-refractivity contribution < 1.29 is 25.2 Å². The number of benzene rings is 4. The first-order chi connectivity index (χ1) is 21.1. The van der Waals surface area contributed by atoms with Gasteiger partial charge in [-0.05, 0) is 29.8 Å². The van der Waals surface area contributed by atoms with Crippen LogP contribution in [0.15, 0.2) is 84.9 Å². The quantitative estimate of drug-likeness (QED) is 0.195. The Hall–Kier alpha value is -4.41. The number of anilines is 2. The van der Waals surface area contributed by atoms with Crippen molar-refractivity contribution in [2.75, 3.05) is 62.4 Å². The number of nitrogens with zero attached hydrogens (tertiary/aromatic N) is 4. The molecule has 0 atom stereocenters. The molecule has 0 radical (unpaired) electrons. The lowest BCUT2D eigenvalue weighted by atomic mass is 9.74. The van der Waals surface area contributed by atoms with Crippen LogP contribution >= 0.6 is 0 Å². The maximum absolute atomic E-state index is 9.72. The maximum Gasteiger partial charge on any atom is 0.142 e. The van der Waals surface area contributed by atoms with Crippen LogP contribution < -0.4 is 14.5 Å². The number of fused-ring (bicyclic) bond motifs is 11. The molecule has 0 aliphatic carbocycles. The number of rotatable bonds is 10.